The van der Waals surface area contributed by atoms with Crippen molar-refractivity contribution in [1.29, 1.82) is 0 Å². The third-order valence-corrected chi connectivity index (χ3v) is 4.13. The van der Waals surface area contributed by atoms with Crippen LogP contribution in [-0.4, -0.2) is 52.4 Å². The number of hydrogen-bond donors (Lipinski definition) is 1. The van der Waals surface area contributed by atoms with Crippen LogP contribution in [0.2, 0.25) is 0 Å². The van der Waals surface area contributed by atoms with Crippen molar-refractivity contribution >= 4 is 21.9 Å². The second kappa shape index (κ2) is 6.68. The maximum atomic E-state index is 11.9. The van der Waals surface area contributed by atoms with Crippen molar-refractivity contribution in [2.45, 2.75) is 17.9 Å². The summed E-state index contributed by atoms with van der Waals surface area (Å²) in [6, 6.07) is 5.40. The molecule has 0 saturated carbocycles. The van der Waals surface area contributed by atoms with Gasteiger partial charge in [-0.2, -0.15) is 0 Å². The molecule has 1 aromatic carbocycles. The Morgan fingerprint density at radius 1 is 1.29 bits per heavy atom. The van der Waals surface area contributed by atoms with Gasteiger partial charge in [-0.25, -0.2) is 17.9 Å². The van der Waals surface area contributed by atoms with E-state index in [1.54, 1.807) is 14.1 Å². The summed E-state index contributed by atoms with van der Waals surface area (Å²) in [4.78, 5) is 24.8. The number of sulfonamides is 1. The van der Waals surface area contributed by atoms with Crippen LogP contribution in [0.4, 0.5) is 0 Å². The molecule has 0 bridgehead atoms. The summed E-state index contributed by atoms with van der Waals surface area (Å²) in [6.45, 7) is 1.45. The standard InChI is InChI=1S/C13H18N2O5S/c1-9(12(16)15(3)4)20-13(17)10-6-5-7-11(8-10)21(18,19)14-2/h5-9,14H,1-4H3/t9-/m1/s1. The van der Waals surface area contributed by atoms with Gasteiger partial charge in [0.05, 0.1) is 10.5 Å². The highest BCUT2D eigenvalue weighted by molar-refractivity contribution is 7.89. The summed E-state index contributed by atoms with van der Waals surface area (Å²) >= 11 is 0. The Morgan fingerprint density at radius 3 is 2.43 bits per heavy atom. The second-order valence-corrected chi connectivity index (χ2v) is 6.40. The number of likely N-dealkylation sites (N-methyl/N-ethyl adjacent to an activating group) is 1. The molecule has 8 heteroatoms. The van der Waals surface area contributed by atoms with Crippen LogP contribution in [-0.2, 0) is 19.6 Å². The number of hydrogen-bond acceptors (Lipinski definition) is 5. The van der Waals surface area contributed by atoms with Gasteiger partial charge in [0, 0.05) is 14.1 Å². The van der Waals surface area contributed by atoms with Crippen LogP contribution in [0.25, 0.3) is 0 Å². The number of esters is 1. The molecule has 0 aliphatic heterocycles. The van der Waals surface area contributed by atoms with E-state index in [0.717, 1.165) is 0 Å². The van der Waals surface area contributed by atoms with Crippen molar-refractivity contribution in [1.82, 2.24) is 9.62 Å². The van der Waals surface area contributed by atoms with Crippen LogP contribution in [0.5, 0.6) is 0 Å². The number of rotatable bonds is 5. The molecule has 1 N–H and O–H groups in total. The SMILES string of the molecule is CNS(=O)(=O)c1cccc(C(=O)O[C@H](C)C(=O)N(C)C)c1. The molecule has 1 rings (SSSR count). The fraction of sp³-hybridized carbons (Fsp3) is 0.385. The molecule has 0 saturated heterocycles. The van der Waals surface area contributed by atoms with E-state index in [1.807, 2.05) is 0 Å². The molecule has 1 aromatic rings. The van der Waals surface area contributed by atoms with Gasteiger partial charge in [0.15, 0.2) is 6.10 Å². The van der Waals surface area contributed by atoms with Gasteiger partial charge >= 0.3 is 5.97 Å². The molecule has 1 atom stereocenters. The molecule has 21 heavy (non-hydrogen) atoms. The smallest absolute Gasteiger partial charge is 0.338 e. The van der Waals surface area contributed by atoms with Gasteiger partial charge in [-0.3, -0.25) is 4.79 Å². The van der Waals surface area contributed by atoms with Crippen LogP contribution in [0.3, 0.4) is 0 Å². The van der Waals surface area contributed by atoms with Crippen LogP contribution < -0.4 is 4.72 Å². The molecule has 1 amide bonds. The van der Waals surface area contributed by atoms with Crippen molar-refractivity contribution in [3.63, 3.8) is 0 Å². The molecule has 0 unspecified atom stereocenters. The number of nitrogens with zero attached hydrogens (tertiary/aromatic N) is 1. The van der Waals surface area contributed by atoms with E-state index >= 15 is 0 Å². The van der Waals surface area contributed by atoms with Crippen molar-refractivity contribution in [2.75, 3.05) is 21.1 Å². The summed E-state index contributed by atoms with van der Waals surface area (Å²) in [5, 5.41) is 0. The van der Waals surface area contributed by atoms with Crippen LogP contribution in [0.1, 0.15) is 17.3 Å². The van der Waals surface area contributed by atoms with Gasteiger partial charge in [-0.15, -0.1) is 0 Å². The highest BCUT2D eigenvalue weighted by Gasteiger charge is 2.21. The first-order valence-corrected chi connectivity index (χ1v) is 7.63. The largest absolute Gasteiger partial charge is 0.449 e. The number of nitrogens with one attached hydrogen (secondary N) is 1. The fourth-order valence-corrected chi connectivity index (χ4v) is 2.33. The quantitative estimate of drug-likeness (QED) is 0.785. The summed E-state index contributed by atoms with van der Waals surface area (Å²) in [7, 11) is 0.727. The van der Waals surface area contributed by atoms with E-state index in [-0.39, 0.29) is 16.4 Å². The normalized spacial score (nSPS) is 12.6. The van der Waals surface area contributed by atoms with Crippen molar-refractivity contribution in [3.8, 4) is 0 Å². The lowest BCUT2D eigenvalue weighted by atomic mass is 10.2. The maximum Gasteiger partial charge on any atom is 0.338 e. The van der Waals surface area contributed by atoms with Crippen molar-refractivity contribution < 1.29 is 22.7 Å². The molecule has 0 aromatic heterocycles. The first-order chi connectivity index (χ1) is 9.69. The van der Waals surface area contributed by atoms with Gasteiger partial charge in [0.1, 0.15) is 0 Å². The highest BCUT2D eigenvalue weighted by Crippen LogP contribution is 2.13. The van der Waals surface area contributed by atoms with E-state index in [9.17, 15) is 18.0 Å². The third kappa shape index (κ3) is 4.27. The predicted molar refractivity (Wildman–Crippen MR) is 76.3 cm³/mol. The molecular formula is C13H18N2O5S. The highest BCUT2D eigenvalue weighted by atomic mass is 32.2. The Balaban J connectivity index is 2.95. The zero-order valence-corrected chi connectivity index (χ0v) is 13.1. The van der Waals surface area contributed by atoms with Crippen LogP contribution in [0, 0.1) is 0 Å². The minimum atomic E-state index is -3.65. The molecule has 0 fully saturated rings. The molecule has 7 nitrogen and oxygen atoms in total. The first kappa shape index (κ1) is 17.1. The topological polar surface area (TPSA) is 92.8 Å². The zero-order chi connectivity index (χ0) is 16.2. The number of carbonyl (C=O) groups is 2. The monoisotopic (exact) mass is 314 g/mol. The Kier molecular flexibility index (Phi) is 5.45. The number of ether oxygens (including phenoxy) is 1. The summed E-state index contributed by atoms with van der Waals surface area (Å²) in [6.07, 6.45) is -0.947. The zero-order valence-electron chi connectivity index (χ0n) is 12.3. The van der Waals surface area contributed by atoms with Gasteiger partial charge in [0.25, 0.3) is 5.91 Å². The number of amides is 1. The first-order valence-electron chi connectivity index (χ1n) is 6.15. The van der Waals surface area contributed by atoms with Crippen LogP contribution in [0.15, 0.2) is 29.2 Å². The minimum absolute atomic E-state index is 0.0500. The van der Waals surface area contributed by atoms with Gasteiger partial charge in [-0.1, -0.05) is 6.07 Å². The van der Waals surface area contributed by atoms with E-state index < -0.39 is 22.1 Å². The summed E-state index contributed by atoms with van der Waals surface area (Å²) < 4.78 is 30.5. The van der Waals surface area contributed by atoms with E-state index in [4.69, 9.17) is 4.74 Å². The molecule has 0 spiro atoms. The average Bonchev–Trinajstić information content (AvgIpc) is 2.46. The van der Waals surface area contributed by atoms with Crippen LogP contribution >= 0.6 is 0 Å². The van der Waals surface area contributed by atoms with Gasteiger partial charge in [0.2, 0.25) is 10.0 Å². The lowest BCUT2D eigenvalue weighted by Crippen LogP contribution is -2.34. The number of carbonyl (C=O) groups excluding carboxylic acids is 2. The average molecular weight is 314 g/mol. The third-order valence-electron chi connectivity index (χ3n) is 2.72. The molecule has 0 radical (unpaired) electrons. The Bertz CT molecular complexity index is 640. The van der Waals surface area contributed by atoms with Gasteiger partial charge in [-0.05, 0) is 32.2 Å². The van der Waals surface area contributed by atoms with Crippen molar-refractivity contribution in [3.05, 3.63) is 29.8 Å². The summed E-state index contributed by atoms with van der Waals surface area (Å²) in [5.74, 6) is -1.12. The van der Waals surface area contributed by atoms with E-state index in [0.29, 0.717) is 0 Å². The molecule has 0 aliphatic rings. The molecular weight excluding hydrogens is 296 g/mol. The predicted octanol–water partition coefficient (Wildman–Crippen LogP) is 0.228. The Morgan fingerprint density at radius 2 is 1.90 bits per heavy atom. The maximum absolute atomic E-state index is 11.9. The van der Waals surface area contributed by atoms with Gasteiger partial charge < -0.3 is 9.64 Å². The lowest BCUT2D eigenvalue weighted by molar-refractivity contribution is -0.137. The molecule has 0 heterocycles. The van der Waals surface area contributed by atoms with Crippen molar-refractivity contribution in [2.24, 2.45) is 0 Å². The second-order valence-electron chi connectivity index (χ2n) is 4.52. The fourth-order valence-electron chi connectivity index (χ4n) is 1.55. The minimum Gasteiger partial charge on any atom is -0.449 e. The summed E-state index contributed by atoms with van der Waals surface area (Å²) in [5.41, 5.74) is 0.0599. The number of benzene rings is 1. The van der Waals surface area contributed by atoms with E-state index in [2.05, 4.69) is 4.72 Å². The Hall–Kier alpha value is -1.93. The Labute approximate surface area is 123 Å². The lowest BCUT2D eigenvalue weighted by Gasteiger charge is -2.17. The molecule has 0 aliphatic carbocycles. The molecule has 116 valence electrons. The van der Waals surface area contributed by atoms with E-state index in [1.165, 1.54) is 43.1 Å².